The molecule has 2 aliphatic rings. The fourth-order valence-corrected chi connectivity index (χ4v) is 4.15. The van der Waals surface area contributed by atoms with Crippen LogP contribution in [-0.2, 0) is 28.0 Å². The number of fused-ring (bicyclic) bond motifs is 1. The maximum atomic E-state index is 13.0. The van der Waals surface area contributed by atoms with E-state index >= 15 is 0 Å². The number of hydrogen-bond donors (Lipinski definition) is 2. The van der Waals surface area contributed by atoms with Crippen molar-refractivity contribution in [1.29, 1.82) is 0 Å². The molecule has 2 aromatic carbocycles. The number of aryl methyl sites for hydroxylation is 2. The van der Waals surface area contributed by atoms with Crippen molar-refractivity contribution in [2.24, 2.45) is 0 Å². The summed E-state index contributed by atoms with van der Waals surface area (Å²) in [6, 6.07) is 12.8. The zero-order valence-corrected chi connectivity index (χ0v) is 16.7. The van der Waals surface area contributed by atoms with E-state index in [4.69, 9.17) is 0 Å². The number of urea groups is 1. The molecule has 6 nitrogen and oxygen atoms in total. The van der Waals surface area contributed by atoms with Gasteiger partial charge in [0.15, 0.2) is 0 Å². The molecule has 4 rings (SSSR count). The molecule has 1 heterocycles. The van der Waals surface area contributed by atoms with Crippen LogP contribution >= 0.6 is 0 Å². The number of nitrogens with zero attached hydrogens (tertiary/aromatic N) is 1. The van der Waals surface area contributed by atoms with Crippen LogP contribution in [0.3, 0.4) is 0 Å². The lowest BCUT2D eigenvalue weighted by Crippen LogP contribution is -2.42. The van der Waals surface area contributed by atoms with Gasteiger partial charge in [-0.05, 0) is 62.3 Å². The molecule has 29 heavy (non-hydrogen) atoms. The number of carbonyl (C=O) groups excluding carboxylic acids is 3. The van der Waals surface area contributed by atoms with E-state index in [1.54, 1.807) is 6.92 Å². The van der Waals surface area contributed by atoms with Gasteiger partial charge in [0, 0.05) is 5.69 Å². The highest BCUT2D eigenvalue weighted by molar-refractivity contribution is 6.10. The second kappa shape index (κ2) is 7.35. The predicted octanol–water partition coefficient (Wildman–Crippen LogP) is 3.28. The smallest absolute Gasteiger partial charge is 0.324 e. The number of rotatable bonds is 4. The van der Waals surface area contributed by atoms with E-state index in [-0.39, 0.29) is 12.5 Å². The van der Waals surface area contributed by atoms with Crippen molar-refractivity contribution >= 4 is 23.5 Å². The van der Waals surface area contributed by atoms with Crippen molar-refractivity contribution in [3.8, 4) is 0 Å². The van der Waals surface area contributed by atoms with Gasteiger partial charge in [-0.1, -0.05) is 42.0 Å². The van der Waals surface area contributed by atoms with Gasteiger partial charge in [0.25, 0.3) is 5.91 Å². The molecule has 1 atom stereocenters. The Morgan fingerprint density at radius 2 is 1.83 bits per heavy atom. The summed E-state index contributed by atoms with van der Waals surface area (Å²) in [4.78, 5) is 39.1. The summed E-state index contributed by atoms with van der Waals surface area (Å²) < 4.78 is 0. The zero-order chi connectivity index (χ0) is 20.6. The maximum Gasteiger partial charge on any atom is 0.325 e. The highest BCUT2D eigenvalue weighted by Gasteiger charge is 2.49. The summed E-state index contributed by atoms with van der Waals surface area (Å²) in [6.07, 6.45) is 4.20. The summed E-state index contributed by atoms with van der Waals surface area (Å²) in [6.45, 7) is 3.32. The number of nitrogens with one attached hydrogen (secondary N) is 2. The van der Waals surface area contributed by atoms with Gasteiger partial charge in [0.2, 0.25) is 5.91 Å². The molecular weight excluding hydrogens is 366 g/mol. The Bertz CT molecular complexity index is 983. The average Bonchev–Trinajstić information content (AvgIpc) is 2.92. The lowest BCUT2D eigenvalue weighted by molar-refractivity contribution is -0.133. The van der Waals surface area contributed by atoms with Crippen molar-refractivity contribution in [2.45, 2.75) is 45.1 Å². The quantitative estimate of drug-likeness (QED) is 0.785. The fourth-order valence-electron chi connectivity index (χ4n) is 4.15. The molecule has 0 saturated carbocycles. The summed E-state index contributed by atoms with van der Waals surface area (Å²) >= 11 is 0. The van der Waals surface area contributed by atoms with Gasteiger partial charge in [-0.2, -0.15) is 0 Å². The highest BCUT2D eigenvalue weighted by atomic mass is 16.2. The molecule has 1 aliphatic carbocycles. The Balaban J connectivity index is 1.50. The average molecular weight is 391 g/mol. The van der Waals surface area contributed by atoms with Gasteiger partial charge >= 0.3 is 6.03 Å². The van der Waals surface area contributed by atoms with Gasteiger partial charge < -0.3 is 10.6 Å². The normalized spacial score (nSPS) is 21.0. The minimum absolute atomic E-state index is 0.310. The minimum atomic E-state index is -1.17. The van der Waals surface area contributed by atoms with Crippen LogP contribution in [0.1, 0.15) is 42.0 Å². The van der Waals surface area contributed by atoms with Crippen LogP contribution in [0.4, 0.5) is 10.5 Å². The van der Waals surface area contributed by atoms with Crippen LogP contribution < -0.4 is 10.6 Å². The molecule has 0 radical (unpaired) electrons. The Hall–Kier alpha value is -3.15. The molecule has 150 valence electrons. The standard InChI is InChI=1S/C23H25N3O3/c1-15-10-12-17(13-11-15)23(2)21(28)26(22(29)25-23)14-20(27)24-19-9-5-7-16-6-3-4-8-18(16)19/h5,7,9-13H,3-4,6,8,14H2,1-2H3,(H,24,27)(H,25,29). The Morgan fingerprint density at radius 1 is 1.10 bits per heavy atom. The first-order valence-corrected chi connectivity index (χ1v) is 10.0. The molecule has 1 aliphatic heterocycles. The molecular formula is C23H25N3O3. The predicted molar refractivity (Wildman–Crippen MR) is 110 cm³/mol. The number of hydrogen-bond acceptors (Lipinski definition) is 3. The molecule has 1 saturated heterocycles. The van der Waals surface area contributed by atoms with E-state index in [0.29, 0.717) is 5.56 Å². The van der Waals surface area contributed by atoms with E-state index in [1.807, 2.05) is 43.3 Å². The Labute approximate surface area is 170 Å². The van der Waals surface area contributed by atoms with Gasteiger partial charge in [-0.15, -0.1) is 0 Å². The molecule has 2 aromatic rings. The van der Waals surface area contributed by atoms with E-state index in [1.165, 1.54) is 5.56 Å². The summed E-state index contributed by atoms with van der Waals surface area (Å²) in [5.41, 5.74) is 3.79. The van der Waals surface area contributed by atoms with Gasteiger partial charge in [0.05, 0.1) is 0 Å². The summed E-state index contributed by atoms with van der Waals surface area (Å²) in [5.74, 6) is -0.794. The van der Waals surface area contributed by atoms with E-state index in [9.17, 15) is 14.4 Å². The minimum Gasteiger partial charge on any atom is -0.324 e. The third kappa shape index (κ3) is 3.50. The SMILES string of the molecule is Cc1ccc(C2(C)NC(=O)N(CC(=O)Nc3cccc4c3CCCC4)C2=O)cc1. The first kappa shape index (κ1) is 19.2. The third-order valence-corrected chi connectivity index (χ3v) is 5.88. The number of imide groups is 1. The second-order valence-electron chi connectivity index (χ2n) is 8.01. The number of benzene rings is 2. The number of carbonyl (C=O) groups is 3. The zero-order valence-electron chi connectivity index (χ0n) is 16.7. The lowest BCUT2D eigenvalue weighted by Gasteiger charge is -2.22. The van der Waals surface area contributed by atoms with E-state index in [0.717, 1.165) is 47.4 Å². The molecule has 6 heteroatoms. The number of anilines is 1. The topological polar surface area (TPSA) is 78.5 Å². The molecule has 1 unspecified atom stereocenters. The molecule has 4 amide bonds. The van der Waals surface area contributed by atoms with E-state index < -0.39 is 17.5 Å². The van der Waals surface area contributed by atoms with Crippen LogP contribution in [0.5, 0.6) is 0 Å². The molecule has 1 fully saturated rings. The van der Waals surface area contributed by atoms with Gasteiger partial charge in [-0.25, -0.2) is 4.79 Å². The molecule has 0 bridgehead atoms. The first-order valence-electron chi connectivity index (χ1n) is 10.0. The lowest BCUT2D eigenvalue weighted by atomic mass is 9.90. The highest BCUT2D eigenvalue weighted by Crippen LogP contribution is 2.30. The van der Waals surface area contributed by atoms with Crippen molar-refractivity contribution in [3.05, 3.63) is 64.7 Å². The van der Waals surface area contributed by atoms with Gasteiger partial charge in [0.1, 0.15) is 12.1 Å². The maximum absolute atomic E-state index is 13.0. The van der Waals surface area contributed by atoms with Crippen LogP contribution in [0.2, 0.25) is 0 Å². The summed E-state index contributed by atoms with van der Waals surface area (Å²) in [7, 11) is 0. The number of amides is 4. The van der Waals surface area contributed by atoms with Crippen LogP contribution in [0.25, 0.3) is 0 Å². The molecule has 0 aromatic heterocycles. The Kier molecular flexibility index (Phi) is 4.86. The Morgan fingerprint density at radius 3 is 2.59 bits per heavy atom. The second-order valence-corrected chi connectivity index (χ2v) is 8.01. The van der Waals surface area contributed by atoms with Crippen molar-refractivity contribution in [1.82, 2.24) is 10.2 Å². The van der Waals surface area contributed by atoms with Crippen molar-refractivity contribution in [3.63, 3.8) is 0 Å². The van der Waals surface area contributed by atoms with Crippen molar-refractivity contribution in [2.75, 3.05) is 11.9 Å². The van der Waals surface area contributed by atoms with Crippen LogP contribution in [0.15, 0.2) is 42.5 Å². The monoisotopic (exact) mass is 391 g/mol. The fraction of sp³-hybridized carbons (Fsp3) is 0.348. The van der Waals surface area contributed by atoms with Crippen LogP contribution in [-0.4, -0.2) is 29.3 Å². The van der Waals surface area contributed by atoms with Gasteiger partial charge in [-0.3, -0.25) is 14.5 Å². The summed E-state index contributed by atoms with van der Waals surface area (Å²) in [5, 5.41) is 5.64. The van der Waals surface area contributed by atoms with Crippen molar-refractivity contribution < 1.29 is 14.4 Å². The molecule has 0 spiro atoms. The molecule has 2 N–H and O–H groups in total. The van der Waals surface area contributed by atoms with Crippen LogP contribution in [0, 0.1) is 6.92 Å². The largest absolute Gasteiger partial charge is 0.325 e. The third-order valence-electron chi connectivity index (χ3n) is 5.88. The first-order chi connectivity index (χ1) is 13.9. The van der Waals surface area contributed by atoms with E-state index in [2.05, 4.69) is 16.7 Å².